The van der Waals surface area contributed by atoms with Gasteiger partial charge in [-0.05, 0) is 42.2 Å². The molecule has 2 aromatic rings. The predicted molar refractivity (Wildman–Crippen MR) is 114 cm³/mol. The van der Waals surface area contributed by atoms with Crippen molar-refractivity contribution in [2.24, 2.45) is 0 Å². The molecule has 0 fully saturated rings. The number of carbonyl (C=O) groups is 3. The maximum atomic E-state index is 13.2. The maximum absolute atomic E-state index is 13.2. The molecule has 0 bridgehead atoms. The molecule has 2 aromatic carbocycles. The van der Waals surface area contributed by atoms with Crippen molar-refractivity contribution in [1.29, 1.82) is 0 Å². The first-order valence-electron chi connectivity index (χ1n) is 9.29. The first-order chi connectivity index (χ1) is 13.9. The maximum Gasteiger partial charge on any atom is 0.258 e. The Morgan fingerprint density at radius 1 is 1.03 bits per heavy atom. The minimum Gasteiger partial charge on any atom is -0.339 e. The summed E-state index contributed by atoms with van der Waals surface area (Å²) in [6.07, 6.45) is 1.34. The highest BCUT2D eigenvalue weighted by Gasteiger charge is 2.34. The number of carbonyl (C=O) groups excluding carboxylic acids is 3. The van der Waals surface area contributed by atoms with Gasteiger partial charge < -0.3 is 10.2 Å². The number of nitrogens with one attached hydrogen (secondary N) is 1. The van der Waals surface area contributed by atoms with E-state index in [1.807, 2.05) is 6.07 Å². The number of ketones is 1. The van der Waals surface area contributed by atoms with Crippen LogP contribution in [0.2, 0.25) is 10.0 Å². The van der Waals surface area contributed by atoms with Crippen LogP contribution in [0.4, 0.5) is 5.69 Å². The number of amides is 2. The van der Waals surface area contributed by atoms with Crippen molar-refractivity contribution in [3.8, 4) is 0 Å². The van der Waals surface area contributed by atoms with Crippen LogP contribution in [-0.2, 0) is 4.79 Å². The molecule has 0 unspecified atom stereocenters. The van der Waals surface area contributed by atoms with Gasteiger partial charge in [0.2, 0.25) is 5.91 Å². The summed E-state index contributed by atoms with van der Waals surface area (Å²) in [5.74, 6) is -0.590. The number of hydrogen-bond donors (Lipinski definition) is 1. The molecule has 0 radical (unpaired) electrons. The second kappa shape index (κ2) is 7.65. The number of Topliss-reactive ketones (excluding diaryl/α,β-unsaturated/α-hetero) is 1. The van der Waals surface area contributed by atoms with Gasteiger partial charge in [0.1, 0.15) is 0 Å². The van der Waals surface area contributed by atoms with Gasteiger partial charge in [-0.25, -0.2) is 0 Å². The first kappa shape index (κ1) is 19.7. The van der Waals surface area contributed by atoms with E-state index in [9.17, 15) is 14.4 Å². The van der Waals surface area contributed by atoms with Crippen LogP contribution in [0, 0.1) is 0 Å². The summed E-state index contributed by atoms with van der Waals surface area (Å²) in [6.45, 7) is 2.57. The van der Waals surface area contributed by atoms with Gasteiger partial charge in [-0.1, -0.05) is 41.4 Å². The fourth-order valence-electron chi connectivity index (χ4n) is 3.93. The Bertz CT molecular complexity index is 1070. The topological polar surface area (TPSA) is 66.5 Å². The van der Waals surface area contributed by atoms with Crippen molar-refractivity contribution in [2.75, 3.05) is 18.4 Å². The minimum atomic E-state index is -0.478. The van der Waals surface area contributed by atoms with Crippen molar-refractivity contribution >= 4 is 52.1 Å². The van der Waals surface area contributed by atoms with E-state index >= 15 is 0 Å². The SMILES string of the molecule is CC(=O)N1CCCC2=C(C1)c1cccc(NC(=O)c3c(Cl)cccc3Cl)c1C2=O. The molecule has 0 atom stereocenters. The molecule has 2 aliphatic rings. The first-order valence-corrected chi connectivity index (χ1v) is 10.0. The number of hydrogen-bond acceptors (Lipinski definition) is 3. The molecule has 29 heavy (non-hydrogen) atoms. The van der Waals surface area contributed by atoms with Crippen molar-refractivity contribution in [3.63, 3.8) is 0 Å². The highest BCUT2D eigenvalue weighted by atomic mass is 35.5. The second-order valence-electron chi connectivity index (χ2n) is 7.11. The number of nitrogens with zero attached hydrogens (tertiary/aromatic N) is 1. The lowest BCUT2D eigenvalue weighted by Crippen LogP contribution is -2.30. The quantitative estimate of drug-likeness (QED) is 0.743. The Kier molecular flexibility index (Phi) is 5.19. The molecule has 7 heteroatoms. The molecular weight excluding hydrogens is 411 g/mol. The van der Waals surface area contributed by atoms with Crippen molar-refractivity contribution in [2.45, 2.75) is 19.8 Å². The highest BCUT2D eigenvalue weighted by molar-refractivity contribution is 6.40. The smallest absolute Gasteiger partial charge is 0.258 e. The van der Waals surface area contributed by atoms with Crippen molar-refractivity contribution in [3.05, 3.63) is 68.7 Å². The van der Waals surface area contributed by atoms with Gasteiger partial charge in [0, 0.05) is 25.6 Å². The van der Waals surface area contributed by atoms with E-state index in [2.05, 4.69) is 5.32 Å². The summed E-state index contributed by atoms with van der Waals surface area (Å²) < 4.78 is 0. The van der Waals surface area contributed by atoms with E-state index in [-0.39, 0.29) is 27.3 Å². The number of rotatable bonds is 2. The van der Waals surface area contributed by atoms with E-state index in [0.717, 1.165) is 23.1 Å². The minimum absolute atomic E-state index is 0.0162. The Morgan fingerprint density at radius 2 is 1.72 bits per heavy atom. The Hall–Kier alpha value is -2.63. The fraction of sp³-hybridized carbons (Fsp3) is 0.227. The lowest BCUT2D eigenvalue weighted by Gasteiger charge is -2.20. The van der Waals surface area contributed by atoms with Crippen LogP contribution in [0.25, 0.3) is 5.57 Å². The van der Waals surface area contributed by atoms with Crippen molar-refractivity contribution < 1.29 is 14.4 Å². The molecule has 2 amide bonds. The van der Waals surface area contributed by atoms with Gasteiger partial charge in [0.15, 0.2) is 5.78 Å². The van der Waals surface area contributed by atoms with E-state index in [1.54, 1.807) is 35.2 Å². The number of anilines is 1. The van der Waals surface area contributed by atoms with E-state index < -0.39 is 5.91 Å². The summed E-state index contributed by atoms with van der Waals surface area (Å²) in [6, 6.07) is 10.2. The normalized spacial score (nSPS) is 15.7. The van der Waals surface area contributed by atoms with Crippen LogP contribution in [0.5, 0.6) is 0 Å². The van der Waals surface area contributed by atoms with Gasteiger partial charge >= 0.3 is 0 Å². The summed E-state index contributed by atoms with van der Waals surface area (Å²) in [7, 11) is 0. The molecule has 4 rings (SSSR count). The van der Waals surface area contributed by atoms with Crippen molar-refractivity contribution in [1.82, 2.24) is 4.90 Å². The standard InChI is InChI=1S/C22H18Cl2N2O3/c1-12(27)26-10-4-6-14-15(11-26)13-5-2-9-18(19(13)21(14)28)25-22(29)20-16(23)7-3-8-17(20)24/h2-3,5,7-9H,4,6,10-11H2,1H3,(H,25,29). The van der Waals surface area contributed by atoms with Crippen LogP contribution in [-0.4, -0.2) is 35.6 Å². The average molecular weight is 429 g/mol. The van der Waals surface area contributed by atoms with Crippen LogP contribution in [0.15, 0.2) is 42.0 Å². The third-order valence-electron chi connectivity index (χ3n) is 5.34. The van der Waals surface area contributed by atoms with Gasteiger partial charge in [-0.3, -0.25) is 14.4 Å². The third-order valence-corrected chi connectivity index (χ3v) is 5.97. The monoisotopic (exact) mass is 428 g/mol. The molecule has 0 saturated heterocycles. The predicted octanol–water partition coefficient (Wildman–Crippen LogP) is 4.84. The second-order valence-corrected chi connectivity index (χ2v) is 7.92. The molecule has 5 nitrogen and oxygen atoms in total. The third kappa shape index (κ3) is 3.45. The molecular formula is C22H18Cl2N2O3. The largest absolute Gasteiger partial charge is 0.339 e. The molecule has 1 aliphatic carbocycles. The molecule has 0 spiro atoms. The van der Waals surface area contributed by atoms with Crippen LogP contribution in [0.1, 0.15) is 46.0 Å². The lowest BCUT2D eigenvalue weighted by molar-refractivity contribution is -0.128. The van der Waals surface area contributed by atoms with Gasteiger partial charge in [-0.15, -0.1) is 0 Å². The Morgan fingerprint density at radius 3 is 2.41 bits per heavy atom. The molecule has 1 N–H and O–H groups in total. The van der Waals surface area contributed by atoms with E-state index in [0.29, 0.717) is 30.8 Å². The number of fused-ring (bicyclic) bond motifs is 2. The molecule has 1 heterocycles. The molecule has 0 aromatic heterocycles. The van der Waals surface area contributed by atoms with Crippen LogP contribution >= 0.6 is 23.2 Å². The number of allylic oxidation sites excluding steroid dienone is 1. The lowest BCUT2D eigenvalue weighted by atomic mass is 10.0. The molecule has 148 valence electrons. The number of benzene rings is 2. The summed E-state index contributed by atoms with van der Waals surface area (Å²) in [4.78, 5) is 39.6. The van der Waals surface area contributed by atoms with Crippen LogP contribution < -0.4 is 5.32 Å². The van der Waals surface area contributed by atoms with Gasteiger partial charge in [0.25, 0.3) is 5.91 Å². The van der Waals surface area contributed by atoms with Gasteiger partial charge in [-0.2, -0.15) is 0 Å². The number of halogens is 2. The Labute approximate surface area is 178 Å². The molecule has 0 saturated carbocycles. The van der Waals surface area contributed by atoms with E-state index in [4.69, 9.17) is 23.2 Å². The summed E-state index contributed by atoms with van der Waals surface area (Å²) in [5.41, 5.74) is 3.39. The highest BCUT2D eigenvalue weighted by Crippen LogP contribution is 2.41. The van der Waals surface area contributed by atoms with Crippen LogP contribution in [0.3, 0.4) is 0 Å². The zero-order chi connectivity index (χ0) is 20.7. The average Bonchev–Trinajstić information content (AvgIpc) is 2.82. The van der Waals surface area contributed by atoms with Gasteiger partial charge in [0.05, 0.1) is 26.9 Å². The van der Waals surface area contributed by atoms with E-state index in [1.165, 1.54) is 6.92 Å². The zero-order valence-electron chi connectivity index (χ0n) is 15.7. The fourth-order valence-corrected chi connectivity index (χ4v) is 4.50. The molecule has 1 aliphatic heterocycles. The zero-order valence-corrected chi connectivity index (χ0v) is 17.2. The summed E-state index contributed by atoms with van der Waals surface area (Å²) in [5, 5.41) is 3.27. The Balaban J connectivity index is 1.71. The summed E-state index contributed by atoms with van der Waals surface area (Å²) >= 11 is 12.3.